The molecular weight excluding hydrogens is 186 g/mol. The van der Waals surface area contributed by atoms with Gasteiger partial charge in [0.1, 0.15) is 0 Å². The van der Waals surface area contributed by atoms with Crippen LogP contribution in [0.3, 0.4) is 0 Å². The van der Waals surface area contributed by atoms with Crippen LogP contribution in [0.2, 0.25) is 0 Å². The Labute approximate surface area is 94.5 Å². The van der Waals surface area contributed by atoms with Crippen LogP contribution in [-0.2, 0) is 0 Å². The highest BCUT2D eigenvalue weighted by molar-refractivity contribution is 4.76. The Morgan fingerprint density at radius 2 is 2.00 bits per heavy atom. The molecule has 2 unspecified atom stereocenters. The molecule has 0 saturated heterocycles. The third kappa shape index (κ3) is 5.53. The summed E-state index contributed by atoms with van der Waals surface area (Å²) in [7, 11) is 0. The van der Waals surface area contributed by atoms with Crippen LogP contribution in [0.5, 0.6) is 0 Å². The zero-order valence-electron chi connectivity index (χ0n) is 10.6. The second-order valence-corrected chi connectivity index (χ2v) is 6.14. The van der Waals surface area contributed by atoms with Crippen molar-refractivity contribution < 1.29 is 5.11 Å². The summed E-state index contributed by atoms with van der Waals surface area (Å²) in [5.74, 6) is 0.585. The van der Waals surface area contributed by atoms with E-state index >= 15 is 0 Å². The van der Waals surface area contributed by atoms with Gasteiger partial charge < -0.3 is 10.4 Å². The van der Waals surface area contributed by atoms with E-state index in [4.69, 9.17) is 0 Å². The van der Waals surface area contributed by atoms with Crippen molar-refractivity contribution in [3.05, 3.63) is 0 Å². The van der Waals surface area contributed by atoms with E-state index in [0.29, 0.717) is 11.3 Å². The number of aliphatic hydroxyl groups is 1. The summed E-state index contributed by atoms with van der Waals surface area (Å²) >= 11 is 0. The summed E-state index contributed by atoms with van der Waals surface area (Å²) in [5, 5.41) is 13.1. The monoisotopic (exact) mass is 213 g/mol. The normalized spacial score (nSPS) is 27.2. The van der Waals surface area contributed by atoms with Crippen molar-refractivity contribution in [1.82, 2.24) is 5.32 Å². The minimum Gasteiger partial charge on any atom is -0.393 e. The fourth-order valence-electron chi connectivity index (χ4n) is 2.31. The lowest BCUT2D eigenvalue weighted by atomic mass is 9.96. The van der Waals surface area contributed by atoms with Crippen LogP contribution in [0.15, 0.2) is 0 Å². The van der Waals surface area contributed by atoms with E-state index in [2.05, 4.69) is 26.1 Å². The second kappa shape index (κ2) is 5.86. The molecule has 0 aromatic rings. The van der Waals surface area contributed by atoms with Crippen molar-refractivity contribution >= 4 is 0 Å². The van der Waals surface area contributed by atoms with Crippen LogP contribution in [0.4, 0.5) is 0 Å². The van der Waals surface area contributed by atoms with E-state index in [-0.39, 0.29) is 6.10 Å². The molecule has 15 heavy (non-hydrogen) atoms. The summed E-state index contributed by atoms with van der Waals surface area (Å²) in [6.45, 7) is 8.93. The molecule has 0 radical (unpaired) electrons. The van der Waals surface area contributed by atoms with Crippen LogP contribution < -0.4 is 5.32 Å². The highest BCUT2D eigenvalue weighted by atomic mass is 16.3. The van der Waals surface area contributed by atoms with Crippen LogP contribution >= 0.6 is 0 Å². The third-order valence-electron chi connectivity index (χ3n) is 3.20. The third-order valence-corrected chi connectivity index (χ3v) is 3.20. The highest BCUT2D eigenvalue weighted by Gasteiger charge is 2.24. The number of nitrogens with one attached hydrogen (secondary N) is 1. The van der Waals surface area contributed by atoms with Crippen molar-refractivity contribution in [2.45, 2.75) is 59.0 Å². The Hall–Kier alpha value is -0.0800. The van der Waals surface area contributed by atoms with Gasteiger partial charge in [0, 0.05) is 0 Å². The molecule has 1 aliphatic rings. The first-order valence-corrected chi connectivity index (χ1v) is 6.38. The molecule has 1 saturated carbocycles. The lowest BCUT2D eigenvalue weighted by Gasteiger charge is -2.19. The molecule has 1 rings (SSSR count). The number of aliphatic hydroxyl groups excluding tert-OH is 1. The first-order chi connectivity index (χ1) is 6.99. The predicted molar refractivity (Wildman–Crippen MR) is 64.9 cm³/mol. The van der Waals surface area contributed by atoms with Gasteiger partial charge in [0.15, 0.2) is 0 Å². The fraction of sp³-hybridized carbons (Fsp3) is 1.00. The zero-order chi connectivity index (χ0) is 11.3. The number of hydrogen-bond donors (Lipinski definition) is 2. The predicted octanol–water partition coefficient (Wildman–Crippen LogP) is 2.56. The second-order valence-electron chi connectivity index (χ2n) is 6.14. The van der Waals surface area contributed by atoms with Gasteiger partial charge in [-0.2, -0.15) is 0 Å². The Morgan fingerprint density at radius 3 is 2.53 bits per heavy atom. The Balaban J connectivity index is 1.97. The van der Waals surface area contributed by atoms with Gasteiger partial charge in [-0.1, -0.05) is 27.2 Å². The van der Waals surface area contributed by atoms with Gasteiger partial charge in [-0.15, -0.1) is 0 Å². The van der Waals surface area contributed by atoms with Crippen molar-refractivity contribution in [1.29, 1.82) is 0 Å². The SMILES string of the molecule is CC(C)(C)CNCCCC1CCCC1O. The topological polar surface area (TPSA) is 32.3 Å². The summed E-state index contributed by atoms with van der Waals surface area (Å²) in [5.41, 5.74) is 0.382. The summed E-state index contributed by atoms with van der Waals surface area (Å²) in [4.78, 5) is 0. The first-order valence-electron chi connectivity index (χ1n) is 6.38. The number of hydrogen-bond acceptors (Lipinski definition) is 2. The quantitative estimate of drug-likeness (QED) is 0.688. The Bertz CT molecular complexity index is 174. The molecule has 1 aliphatic carbocycles. The van der Waals surface area contributed by atoms with Crippen LogP contribution in [0.1, 0.15) is 52.9 Å². The summed E-state index contributed by atoms with van der Waals surface area (Å²) in [6.07, 6.45) is 5.88. The summed E-state index contributed by atoms with van der Waals surface area (Å²) in [6, 6.07) is 0. The molecule has 0 spiro atoms. The van der Waals surface area contributed by atoms with Crippen molar-refractivity contribution in [3.8, 4) is 0 Å². The van der Waals surface area contributed by atoms with E-state index in [9.17, 15) is 5.11 Å². The van der Waals surface area contributed by atoms with E-state index < -0.39 is 0 Å². The first kappa shape index (κ1) is 13.0. The average Bonchev–Trinajstić information content (AvgIpc) is 2.49. The molecule has 90 valence electrons. The van der Waals surface area contributed by atoms with E-state index in [1.165, 1.54) is 25.7 Å². The summed E-state index contributed by atoms with van der Waals surface area (Å²) < 4.78 is 0. The molecule has 0 bridgehead atoms. The number of rotatable bonds is 5. The van der Waals surface area contributed by atoms with E-state index in [1.54, 1.807) is 0 Å². The van der Waals surface area contributed by atoms with Crippen LogP contribution in [-0.4, -0.2) is 24.3 Å². The maximum Gasteiger partial charge on any atom is 0.0568 e. The zero-order valence-corrected chi connectivity index (χ0v) is 10.6. The smallest absolute Gasteiger partial charge is 0.0568 e. The molecule has 2 nitrogen and oxygen atoms in total. The maximum atomic E-state index is 9.65. The van der Waals surface area contributed by atoms with Crippen molar-refractivity contribution in [3.63, 3.8) is 0 Å². The minimum absolute atomic E-state index is 0.00684. The van der Waals surface area contributed by atoms with Gasteiger partial charge in [-0.25, -0.2) is 0 Å². The van der Waals surface area contributed by atoms with Gasteiger partial charge in [0.2, 0.25) is 0 Å². The van der Waals surface area contributed by atoms with Gasteiger partial charge in [-0.05, 0) is 50.1 Å². The molecule has 0 aromatic heterocycles. The lowest BCUT2D eigenvalue weighted by Crippen LogP contribution is -2.28. The average molecular weight is 213 g/mol. The van der Waals surface area contributed by atoms with E-state index in [1.807, 2.05) is 0 Å². The molecule has 0 aliphatic heterocycles. The molecule has 2 atom stereocenters. The lowest BCUT2D eigenvalue weighted by molar-refractivity contribution is 0.126. The molecule has 2 heteroatoms. The Kier molecular flexibility index (Phi) is 5.07. The standard InChI is InChI=1S/C13H27NO/c1-13(2,3)10-14-9-5-7-11-6-4-8-12(11)15/h11-12,14-15H,4-10H2,1-3H3. The van der Waals surface area contributed by atoms with E-state index in [0.717, 1.165) is 19.5 Å². The van der Waals surface area contributed by atoms with Gasteiger partial charge in [0.25, 0.3) is 0 Å². The van der Waals surface area contributed by atoms with Crippen LogP contribution in [0.25, 0.3) is 0 Å². The molecule has 0 aromatic carbocycles. The maximum absolute atomic E-state index is 9.65. The molecule has 0 heterocycles. The molecule has 2 N–H and O–H groups in total. The van der Waals surface area contributed by atoms with Crippen LogP contribution in [0, 0.1) is 11.3 Å². The van der Waals surface area contributed by atoms with Gasteiger partial charge in [0.05, 0.1) is 6.10 Å². The van der Waals surface area contributed by atoms with Gasteiger partial charge >= 0.3 is 0 Å². The Morgan fingerprint density at radius 1 is 1.27 bits per heavy atom. The largest absolute Gasteiger partial charge is 0.393 e. The minimum atomic E-state index is -0.00684. The fourth-order valence-corrected chi connectivity index (χ4v) is 2.31. The molecular formula is C13H27NO. The molecule has 0 amide bonds. The molecule has 1 fully saturated rings. The highest BCUT2D eigenvalue weighted by Crippen LogP contribution is 2.28. The van der Waals surface area contributed by atoms with Crippen molar-refractivity contribution in [2.75, 3.05) is 13.1 Å². The van der Waals surface area contributed by atoms with Crippen molar-refractivity contribution in [2.24, 2.45) is 11.3 Å². The van der Waals surface area contributed by atoms with Gasteiger partial charge in [-0.3, -0.25) is 0 Å².